The van der Waals surface area contributed by atoms with E-state index in [9.17, 15) is 0 Å². The maximum absolute atomic E-state index is 3.20. The van der Waals surface area contributed by atoms with E-state index in [1.165, 1.54) is 56.3 Å². The SMILES string of the molecule is CCCC1CCCN(Cc2ccc(CNC)cc2)CC1. The summed E-state index contributed by atoms with van der Waals surface area (Å²) < 4.78 is 0. The van der Waals surface area contributed by atoms with Crippen LogP contribution in [-0.4, -0.2) is 25.0 Å². The van der Waals surface area contributed by atoms with Crippen molar-refractivity contribution < 1.29 is 0 Å². The first-order valence-corrected chi connectivity index (χ1v) is 8.26. The molecule has 1 aliphatic rings. The van der Waals surface area contributed by atoms with Crippen LogP contribution < -0.4 is 5.32 Å². The van der Waals surface area contributed by atoms with Gasteiger partial charge in [-0.2, -0.15) is 0 Å². The summed E-state index contributed by atoms with van der Waals surface area (Å²) in [5, 5.41) is 3.20. The van der Waals surface area contributed by atoms with Crippen molar-refractivity contribution in [2.75, 3.05) is 20.1 Å². The van der Waals surface area contributed by atoms with E-state index in [-0.39, 0.29) is 0 Å². The topological polar surface area (TPSA) is 15.3 Å². The Hall–Kier alpha value is -0.860. The van der Waals surface area contributed by atoms with E-state index in [0.717, 1.165) is 19.0 Å². The van der Waals surface area contributed by atoms with Crippen molar-refractivity contribution in [2.24, 2.45) is 5.92 Å². The second kappa shape index (κ2) is 8.43. The summed E-state index contributed by atoms with van der Waals surface area (Å²) in [5.41, 5.74) is 2.83. The highest BCUT2D eigenvalue weighted by Gasteiger charge is 2.16. The number of benzene rings is 1. The molecule has 1 N–H and O–H groups in total. The van der Waals surface area contributed by atoms with Gasteiger partial charge in [0.2, 0.25) is 0 Å². The molecule has 0 saturated carbocycles. The molecule has 112 valence electrons. The molecule has 1 aliphatic heterocycles. The van der Waals surface area contributed by atoms with Crippen molar-refractivity contribution in [3.63, 3.8) is 0 Å². The van der Waals surface area contributed by atoms with Crippen LogP contribution in [0.4, 0.5) is 0 Å². The van der Waals surface area contributed by atoms with Crippen LogP contribution in [0.25, 0.3) is 0 Å². The molecule has 0 radical (unpaired) electrons. The lowest BCUT2D eigenvalue weighted by Gasteiger charge is -2.20. The minimum Gasteiger partial charge on any atom is -0.316 e. The summed E-state index contributed by atoms with van der Waals surface area (Å²) in [6.07, 6.45) is 6.98. The molecule has 1 saturated heterocycles. The molecule has 0 amide bonds. The van der Waals surface area contributed by atoms with Gasteiger partial charge in [-0.15, -0.1) is 0 Å². The normalized spacial score (nSPS) is 20.8. The number of nitrogens with zero attached hydrogens (tertiary/aromatic N) is 1. The average molecular weight is 274 g/mol. The summed E-state index contributed by atoms with van der Waals surface area (Å²) in [6, 6.07) is 9.09. The van der Waals surface area contributed by atoms with E-state index in [1.54, 1.807) is 0 Å². The molecule has 1 aromatic carbocycles. The molecule has 2 heteroatoms. The van der Waals surface area contributed by atoms with Gasteiger partial charge in [0.1, 0.15) is 0 Å². The first-order chi connectivity index (χ1) is 9.81. The van der Waals surface area contributed by atoms with Gasteiger partial charge in [0.25, 0.3) is 0 Å². The largest absolute Gasteiger partial charge is 0.316 e. The van der Waals surface area contributed by atoms with Crippen molar-refractivity contribution in [1.82, 2.24) is 10.2 Å². The Morgan fingerprint density at radius 3 is 2.55 bits per heavy atom. The minimum absolute atomic E-state index is 0.961. The van der Waals surface area contributed by atoms with Gasteiger partial charge in [-0.05, 0) is 56.4 Å². The highest BCUT2D eigenvalue weighted by molar-refractivity contribution is 5.22. The fourth-order valence-electron chi connectivity index (χ4n) is 3.30. The first-order valence-electron chi connectivity index (χ1n) is 8.26. The van der Waals surface area contributed by atoms with Crippen LogP contribution in [0.5, 0.6) is 0 Å². The molecule has 1 fully saturated rings. The highest BCUT2D eigenvalue weighted by Crippen LogP contribution is 2.22. The van der Waals surface area contributed by atoms with Crippen LogP contribution in [0.15, 0.2) is 24.3 Å². The third-order valence-corrected chi connectivity index (χ3v) is 4.45. The van der Waals surface area contributed by atoms with Crippen LogP contribution >= 0.6 is 0 Å². The van der Waals surface area contributed by atoms with Crippen LogP contribution in [0.1, 0.15) is 50.2 Å². The Morgan fingerprint density at radius 1 is 1.10 bits per heavy atom. The van der Waals surface area contributed by atoms with Crippen molar-refractivity contribution in [2.45, 2.75) is 52.1 Å². The lowest BCUT2D eigenvalue weighted by molar-refractivity contribution is 0.271. The van der Waals surface area contributed by atoms with Crippen molar-refractivity contribution in [1.29, 1.82) is 0 Å². The number of hydrogen-bond donors (Lipinski definition) is 1. The summed E-state index contributed by atoms with van der Waals surface area (Å²) in [5.74, 6) is 0.975. The van der Waals surface area contributed by atoms with E-state index in [1.807, 2.05) is 7.05 Å². The van der Waals surface area contributed by atoms with Gasteiger partial charge in [0, 0.05) is 13.1 Å². The Bertz CT molecular complexity index is 372. The third kappa shape index (κ3) is 4.92. The maximum atomic E-state index is 3.20. The van der Waals surface area contributed by atoms with Crippen molar-refractivity contribution in [3.8, 4) is 0 Å². The summed E-state index contributed by atoms with van der Waals surface area (Å²) in [4.78, 5) is 2.64. The molecule has 0 aliphatic carbocycles. The van der Waals surface area contributed by atoms with Gasteiger partial charge >= 0.3 is 0 Å². The van der Waals surface area contributed by atoms with Crippen molar-refractivity contribution in [3.05, 3.63) is 35.4 Å². The van der Waals surface area contributed by atoms with Gasteiger partial charge in [-0.3, -0.25) is 4.90 Å². The lowest BCUT2D eigenvalue weighted by Crippen LogP contribution is -2.24. The zero-order valence-corrected chi connectivity index (χ0v) is 13.2. The Kier molecular flexibility index (Phi) is 6.55. The molecule has 2 rings (SSSR count). The summed E-state index contributed by atoms with van der Waals surface area (Å²) >= 11 is 0. The van der Waals surface area contributed by atoms with Crippen LogP contribution in [-0.2, 0) is 13.1 Å². The second-order valence-corrected chi connectivity index (χ2v) is 6.21. The zero-order valence-electron chi connectivity index (χ0n) is 13.2. The van der Waals surface area contributed by atoms with Gasteiger partial charge in [-0.25, -0.2) is 0 Å². The van der Waals surface area contributed by atoms with E-state index in [4.69, 9.17) is 0 Å². The van der Waals surface area contributed by atoms with E-state index < -0.39 is 0 Å². The highest BCUT2D eigenvalue weighted by atomic mass is 15.1. The predicted octanol–water partition coefficient (Wildman–Crippen LogP) is 3.81. The second-order valence-electron chi connectivity index (χ2n) is 6.21. The number of hydrogen-bond acceptors (Lipinski definition) is 2. The molecular weight excluding hydrogens is 244 g/mol. The van der Waals surface area contributed by atoms with Gasteiger partial charge in [-0.1, -0.05) is 44.0 Å². The molecule has 0 bridgehead atoms. The standard InChI is InChI=1S/C18H30N2/c1-3-5-16-6-4-12-20(13-11-16)15-18-9-7-17(8-10-18)14-19-2/h7-10,16,19H,3-6,11-15H2,1-2H3. The van der Waals surface area contributed by atoms with E-state index in [2.05, 4.69) is 41.4 Å². The number of nitrogens with one attached hydrogen (secondary N) is 1. The third-order valence-electron chi connectivity index (χ3n) is 4.45. The fourth-order valence-corrected chi connectivity index (χ4v) is 3.30. The van der Waals surface area contributed by atoms with Crippen LogP contribution in [0.2, 0.25) is 0 Å². The van der Waals surface area contributed by atoms with Gasteiger partial charge < -0.3 is 5.32 Å². The zero-order chi connectivity index (χ0) is 14.2. The van der Waals surface area contributed by atoms with E-state index >= 15 is 0 Å². The van der Waals surface area contributed by atoms with Crippen molar-refractivity contribution >= 4 is 0 Å². The fraction of sp³-hybridized carbons (Fsp3) is 0.667. The Balaban J connectivity index is 1.83. The molecule has 20 heavy (non-hydrogen) atoms. The molecule has 1 unspecified atom stereocenters. The minimum atomic E-state index is 0.961. The Morgan fingerprint density at radius 2 is 1.85 bits per heavy atom. The summed E-state index contributed by atoms with van der Waals surface area (Å²) in [7, 11) is 2.00. The van der Waals surface area contributed by atoms with Gasteiger partial charge in [0.15, 0.2) is 0 Å². The predicted molar refractivity (Wildman–Crippen MR) is 86.7 cm³/mol. The molecule has 1 heterocycles. The van der Waals surface area contributed by atoms with Crippen LogP contribution in [0, 0.1) is 5.92 Å². The molecule has 1 aromatic rings. The van der Waals surface area contributed by atoms with Crippen LogP contribution in [0.3, 0.4) is 0 Å². The maximum Gasteiger partial charge on any atom is 0.0233 e. The van der Waals surface area contributed by atoms with Gasteiger partial charge in [0.05, 0.1) is 0 Å². The first kappa shape index (κ1) is 15.5. The quantitative estimate of drug-likeness (QED) is 0.848. The lowest BCUT2D eigenvalue weighted by atomic mass is 9.96. The molecule has 1 atom stereocenters. The molecular formula is C18H30N2. The molecule has 0 spiro atoms. The monoisotopic (exact) mass is 274 g/mol. The number of rotatable bonds is 6. The van der Waals surface area contributed by atoms with E-state index in [0.29, 0.717) is 0 Å². The smallest absolute Gasteiger partial charge is 0.0233 e. The molecule has 2 nitrogen and oxygen atoms in total. The Labute approximate surface area is 124 Å². The molecule has 0 aromatic heterocycles. The average Bonchev–Trinajstić information content (AvgIpc) is 2.68. The number of likely N-dealkylation sites (tertiary alicyclic amines) is 1. The summed E-state index contributed by atoms with van der Waals surface area (Å²) in [6.45, 7) is 6.96.